The molecule has 0 saturated carbocycles. The van der Waals surface area contributed by atoms with Gasteiger partial charge in [-0.2, -0.15) is 13.2 Å². The first-order valence-electron chi connectivity index (χ1n) is 8.86. The molecular weight excluding hydrogens is 369 g/mol. The Balaban J connectivity index is 1.55. The van der Waals surface area contributed by atoms with Gasteiger partial charge in [0.15, 0.2) is 0 Å². The summed E-state index contributed by atoms with van der Waals surface area (Å²) in [5.74, 6) is -0.258. The van der Waals surface area contributed by atoms with Crippen LogP contribution in [0.2, 0.25) is 0 Å². The molecule has 1 amide bonds. The summed E-state index contributed by atoms with van der Waals surface area (Å²) < 4.78 is 44.6. The lowest BCUT2D eigenvalue weighted by molar-refractivity contribution is -0.137. The van der Waals surface area contributed by atoms with Crippen molar-refractivity contribution in [3.8, 4) is 0 Å². The summed E-state index contributed by atoms with van der Waals surface area (Å²) in [5.41, 5.74) is 0.700. The van der Waals surface area contributed by atoms with Crippen LogP contribution >= 0.6 is 0 Å². The van der Waals surface area contributed by atoms with Gasteiger partial charge in [-0.15, -0.1) is 0 Å². The van der Waals surface area contributed by atoms with Gasteiger partial charge in [-0.3, -0.25) is 4.79 Å². The highest BCUT2D eigenvalue weighted by atomic mass is 19.4. The van der Waals surface area contributed by atoms with Crippen LogP contribution in [0.25, 0.3) is 10.9 Å². The van der Waals surface area contributed by atoms with E-state index < -0.39 is 17.8 Å². The van der Waals surface area contributed by atoms with Gasteiger partial charge >= 0.3 is 6.18 Å². The zero-order chi connectivity index (χ0) is 19.7. The molecular formula is C21H17F3N2O2. The topological polar surface area (TPSA) is 42.4 Å². The van der Waals surface area contributed by atoms with Crippen LogP contribution in [-0.4, -0.2) is 35.5 Å². The molecule has 2 heterocycles. The van der Waals surface area contributed by atoms with E-state index in [0.29, 0.717) is 17.8 Å². The van der Waals surface area contributed by atoms with Gasteiger partial charge in [0, 0.05) is 11.9 Å². The van der Waals surface area contributed by atoms with E-state index in [2.05, 4.69) is 4.98 Å². The van der Waals surface area contributed by atoms with E-state index in [0.717, 1.165) is 23.0 Å². The van der Waals surface area contributed by atoms with Gasteiger partial charge in [-0.1, -0.05) is 36.4 Å². The van der Waals surface area contributed by atoms with Crippen LogP contribution in [0, 0.1) is 0 Å². The fourth-order valence-corrected chi connectivity index (χ4v) is 3.30. The second-order valence-electron chi connectivity index (χ2n) is 6.62. The number of hydrogen-bond donors (Lipinski definition) is 0. The summed E-state index contributed by atoms with van der Waals surface area (Å²) in [6, 6.07) is 16.0. The van der Waals surface area contributed by atoms with Gasteiger partial charge < -0.3 is 9.64 Å². The molecule has 3 aromatic rings. The first-order chi connectivity index (χ1) is 13.4. The van der Waals surface area contributed by atoms with Gasteiger partial charge in [0.25, 0.3) is 5.91 Å². The number of hydrogen-bond acceptors (Lipinski definition) is 3. The minimum absolute atomic E-state index is 0.175. The van der Waals surface area contributed by atoms with E-state index in [9.17, 15) is 18.0 Å². The smallest absolute Gasteiger partial charge is 0.370 e. The number of aromatic nitrogens is 1. The highest BCUT2D eigenvalue weighted by molar-refractivity contribution is 5.95. The van der Waals surface area contributed by atoms with Crippen LogP contribution in [0.15, 0.2) is 60.7 Å². The van der Waals surface area contributed by atoms with Crippen LogP contribution in [-0.2, 0) is 10.9 Å². The van der Waals surface area contributed by atoms with Crippen LogP contribution in [0.4, 0.5) is 13.2 Å². The average Bonchev–Trinajstić information content (AvgIpc) is 2.72. The fourth-order valence-electron chi connectivity index (χ4n) is 3.30. The summed E-state index contributed by atoms with van der Waals surface area (Å²) >= 11 is 0. The Morgan fingerprint density at radius 2 is 1.89 bits per heavy atom. The lowest BCUT2D eigenvalue weighted by Gasteiger charge is -2.33. The Morgan fingerprint density at radius 1 is 1.07 bits per heavy atom. The zero-order valence-electron chi connectivity index (χ0n) is 14.8. The van der Waals surface area contributed by atoms with Gasteiger partial charge in [0.2, 0.25) is 0 Å². The van der Waals surface area contributed by atoms with Gasteiger partial charge in [-0.05, 0) is 29.8 Å². The third-order valence-electron chi connectivity index (χ3n) is 4.76. The molecule has 0 N–H and O–H groups in total. The molecule has 1 unspecified atom stereocenters. The Hall–Kier alpha value is -2.93. The number of fused-ring (bicyclic) bond motifs is 1. The quantitative estimate of drug-likeness (QED) is 0.653. The molecule has 0 radical (unpaired) electrons. The second-order valence-corrected chi connectivity index (χ2v) is 6.62. The molecule has 1 saturated heterocycles. The van der Waals surface area contributed by atoms with Gasteiger partial charge in [0.1, 0.15) is 11.8 Å². The molecule has 1 aliphatic heterocycles. The molecule has 7 heteroatoms. The number of amides is 1. The molecule has 144 valence electrons. The molecule has 4 rings (SSSR count). The third-order valence-corrected chi connectivity index (χ3v) is 4.76. The Bertz CT molecular complexity index is 1020. The normalized spacial score (nSPS) is 17.7. The molecule has 1 fully saturated rings. The van der Waals surface area contributed by atoms with Crippen molar-refractivity contribution in [2.24, 2.45) is 0 Å². The number of alkyl halides is 3. The maximum atomic E-state index is 13.0. The van der Waals surface area contributed by atoms with Crippen molar-refractivity contribution in [3.63, 3.8) is 0 Å². The number of ether oxygens (including phenoxy) is 1. The number of carbonyl (C=O) groups excluding carboxylic acids is 1. The lowest BCUT2D eigenvalue weighted by atomic mass is 10.0. The Kier molecular flexibility index (Phi) is 4.77. The predicted molar refractivity (Wildman–Crippen MR) is 97.8 cm³/mol. The minimum atomic E-state index is -4.42. The number of rotatable bonds is 2. The zero-order valence-corrected chi connectivity index (χ0v) is 14.8. The molecule has 4 nitrogen and oxygen atoms in total. The molecule has 1 aromatic heterocycles. The number of para-hydroxylation sites is 1. The van der Waals surface area contributed by atoms with Crippen molar-refractivity contribution in [2.75, 3.05) is 19.7 Å². The van der Waals surface area contributed by atoms with Crippen molar-refractivity contribution in [3.05, 3.63) is 77.5 Å². The molecule has 0 bridgehead atoms. The summed E-state index contributed by atoms with van der Waals surface area (Å²) in [4.78, 5) is 18.9. The first-order valence-corrected chi connectivity index (χ1v) is 8.86. The first kappa shape index (κ1) is 18.4. The summed E-state index contributed by atoms with van der Waals surface area (Å²) in [7, 11) is 0. The lowest BCUT2D eigenvalue weighted by Crippen LogP contribution is -2.42. The molecule has 1 aliphatic rings. The Labute approximate surface area is 159 Å². The molecule has 1 atom stereocenters. The SMILES string of the molecule is O=C(c1ccc2ccccc2n1)N1CCOC(c2cccc(C(F)(F)F)c2)C1. The summed E-state index contributed by atoms with van der Waals surface area (Å²) in [6.07, 6.45) is -5.03. The minimum Gasteiger partial charge on any atom is -0.370 e. The number of morpholine rings is 1. The van der Waals surface area contributed by atoms with Crippen LogP contribution in [0.3, 0.4) is 0 Å². The second kappa shape index (κ2) is 7.24. The van der Waals surface area contributed by atoms with E-state index in [4.69, 9.17) is 4.74 Å². The maximum absolute atomic E-state index is 13.0. The largest absolute Gasteiger partial charge is 0.416 e. The van der Waals surface area contributed by atoms with Crippen molar-refractivity contribution in [1.82, 2.24) is 9.88 Å². The fraction of sp³-hybridized carbons (Fsp3) is 0.238. The van der Waals surface area contributed by atoms with Gasteiger partial charge in [0.05, 0.1) is 24.2 Å². The monoisotopic (exact) mass is 386 g/mol. The predicted octanol–water partition coefficient (Wildman–Crippen LogP) is 4.47. The number of benzene rings is 2. The molecule has 0 spiro atoms. The Morgan fingerprint density at radius 3 is 2.71 bits per heavy atom. The van der Waals surface area contributed by atoms with Crippen molar-refractivity contribution >= 4 is 16.8 Å². The van der Waals surface area contributed by atoms with Crippen molar-refractivity contribution in [2.45, 2.75) is 12.3 Å². The number of carbonyl (C=O) groups is 1. The molecule has 2 aromatic carbocycles. The molecule has 0 aliphatic carbocycles. The molecule has 28 heavy (non-hydrogen) atoms. The third kappa shape index (κ3) is 3.71. The highest BCUT2D eigenvalue weighted by Gasteiger charge is 2.32. The van der Waals surface area contributed by atoms with E-state index in [-0.39, 0.29) is 19.1 Å². The van der Waals surface area contributed by atoms with Gasteiger partial charge in [-0.25, -0.2) is 4.98 Å². The standard InChI is InChI=1S/C21H17F3N2O2/c22-21(23,24)16-6-3-5-15(12-16)19-13-26(10-11-28-19)20(27)18-9-8-14-4-1-2-7-17(14)25-18/h1-9,12,19H,10-11,13H2. The van der Waals surface area contributed by atoms with Crippen LogP contribution in [0.5, 0.6) is 0 Å². The van der Waals surface area contributed by atoms with E-state index in [1.165, 1.54) is 6.07 Å². The highest BCUT2D eigenvalue weighted by Crippen LogP contribution is 2.32. The van der Waals surface area contributed by atoms with E-state index >= 15 is 0 Å². The number of pyridine rings is 1. The average molecular weight is 386 g/mol. The van der Waals surface area contributed by atoms with Crippen LogP contribution < -0.4 is 0 Å². The van der Waals surface area contributed by atoms with E-state index in [1.54, 1.807) is 17.0 Å². The maximum Gasteiger partial charge on any atom is 0.416 e. The number of halogens is 3. The van der Waals surface area contributed by atoms with Crippen LogP contribution in [0.1, 0.15) is 27.7 Å². The van der Waals surface area contributed by atoms with E-state index in [1.807, 2.05) is 30.3 Å². The van der Waals surface area contributed by atoms with Crippen molar-refractivity contribution in [1.29, 1.82) is 0 Å². The summed E-state index contributed by atoms with van der Waals surface area (Å²) in [5, 5.41) is 0.933. The van der Waals surface area contributed by atoms with Crippen molar-refractivity contribution < 1.29 is 22.7 Å². The number of nitrogens with zero attached hydrogens (tertiary/aromatic N) is 2. The summed E-state index contributed by atoms with van der Waals surface area (Å²) in [6.45, 7) is 0.789.